The second-order valence-corrected chi connectivity index (χ2v) is 5.72. The van der Waals surface area contributed by atoms with Gasteiger partial charge in [0, 0.05) is 32.2 Å². The summed E-state index contributed by atoms with van der Waals surface area (Å²) < 4.78 is 4.98. The smallest absolute Gasteiger partial charge is 0.251 e. The van der Waals surface area contributed by atoms with Crippen molar-refractivity contribution in [2.24, 2.45) is 0 Å². The summed E-state index contributed by atoms with van der Waals surface area (Å²) in [6.45, 7) is 1.10. The minimum absolute atomic E-state index is 0.191. The maximum atomic E-state index is 12.5. The normalized spacial score (nSPS) is 11.6. The zero-order chi connectivity index (χ0) is 17.9. The van der Waals surface area contributed by atoms with Crippen molar-refractivity contribution < 1.29 is 14.3 Å². The second-order valence-electron chi connectivity index (χ2n) is 5.72. The molecule has 0 fully saturated rings. The van der Waals surface area contributed by atoms with E-state index in [1.165, 1.54) is 0 Å². The third kappa shape index (κ3) is 6.39. The van der Waals surface area contributed by atoms with Crippen LogP contribution in [0.3, 0.4) is 0 Å². The van der Waals surface area contributed by atoms with E-state index in [-0.39, 0.29) is 11.8 Å². The van der Waals surface area contributed by atoms with Crippen molar-refractivity contribution in [3.8, 4) is 0 Å². The summed E-state index contributed by atoms with van der Waals surface area (Å²) in [5.41, 5.74) is 1.53. The highest BCUT2D eigenvalue weighted by molar-refractivity contribution is 5.97. The van der Waals surface area contributed by atoms with E-state index in [0.717, 1.165) is 12.0 Å². The molecule has 2 aromatic rings. The van der Waals surface area contributed by atoms with Gasteiger partial charge in [-0.1, -0.05) is 48.5 Å². The molecule has 0 aliphatic heterocycles. The van der Waals surface area contributed by atoms with Gasteiger partial charge in [0.05, 0.1) is 0 Å². The Labute approximate surface area is 148 Å². The van der Waals surface area contributed by atoms with Crippen LogP contribution in [0.15, 0.2) is 60.7 Å². The van der Waals surface area contributed by atoms with E-state index in [4.69, 9.17) is 4.74 Å². The summed E-state index contributed by atoms with van der Waals surface area (Å²) in [6.07, 6.45) is 1.17. The van der Waals surface area contributed by atoms with Crippen LogP contribution < -0.4 is 10.6 Å². The fraction of sp³-hybridized carbons (Fsp3) is 0.300. The molecule has 0 aromatic heterocycles. The van der Waals surface area contributed by atoms with Crippen molar-refractivity contribution in [1.82, 2.24) is 10.6 Å². The third-order valence-electron chi connectivity index (χ3n) is 3.76. The second kappa shape index (κ2) is 10.3. The SMILES string of the molecule is COCCCNC(=O)C(Cc1ccccc1)NC(=O)c1ccccc1. The molecule has 0 aliphatic carbocycles. The molecule has 0 saturated carbocycles. The summed E-state index contributed by atoms with van der Waals surface area (Å²) >= 11 is 0. The van der Waals surface area contributed by atoms with Gasteiger partial charge < -0.3 is 15.4 Å². The van der Waals surface area contributed by atoms with Crippen LogP contribution in [0, 0.1) is 0 Å². The average Bonchev–Trinajstić information content (AvgIpc) is 2.66. The molecule has 0 spiro atoms. The molecule has 0 aliphatic rings. The average molecular weight is 340 g/mol. The lowest BCUT2D eigenvalue weighted by molar-refractivity contribution is -0.123. The number of benzene rings is 2. The highest BCUT2D eigenvalue weighted by Gasteiger charge is 2.21. The molecule has 1 atom stereocenters. The molecule has 0 saturated heterocycles. The first kappa shape index (κ1) is 18.7. The standard InChI is InChI=1S/C20H24N2O3/c1-25-14-8-13-21-20(24)18(15-16-9-4-2-5-10-16)22-19(23)17-11-6-3-7-12-17/h2-7,9-12,18H,8,13-15H2,1H3,(H,21,24)(H,22,23). The number of carbonyl (C=O) groups excluding carboxylic acids is 2. The Morgan fingerprint density at radius 2 is 1.64 bits per heavy atom. The summed E-state index contributed by atoms with van der Waals surface area (Å²) in [5.74, 6) is -0.446. The molecule has 1 unspecified atom stereocenters. The molecule has 2 aromatic carbocycles. The van der Waals surface area contributed by atoms with Crippen molar-refractivity contribution in [1.29, 1.82) is 0 Å². The van der Waals surface area contributed by atoms with Gasteiger partial charge in [0.15, 0.2) is 0 Å². The van der Waals surface area contributed by atoms with Crippen LogP contribution in [-0.4, -0.2) is 38.1 Å². The first-order valence-electron chi connectivity index (χ1n) is 8.37. The van der Waals surface area contributed by atoms with Crippen molar-refractivity contribution in [2.45, 2.75) is 18.9 Å². The molecule has 2 rings (SSSR count). The highest BCUT2D eigenvalue weighted by atomic mass is 16.5. The molecular weight excluding hydrogens is 316 g/mol. The number of rotatable bonds is 9. The quantitative estimate of drug-likeness (QED) is 0.688. The monoisotopic (exact) mass is 340 g/mol. The van der Waals surface area contributed by atoms with E-state index in [1.807, 2.05) is 36.4 Å². The lowest BCUT2D eigenvalue weighted by atomic mass is 10.0. The Balaban J connectivity index is 2.03. The molecule has 25 heavy (non-hydrogen) atoms. The molecule has 0 radical (unpaired) electrons. The van der Waals surface area contributed by atoms with Gasteiger partial charge in [0.25, 0.3) is 5.91 Å². The van der Waals surface area contributed by atoms with Gasteiger partial charge in [-0.15, -0.1) is 0 Å². The van der Waals surface area contributed by atoms with Gasteiger partial charge in [-0.2, -0.15) is 0 Å². The summed E-state index contributed by atoms with van der Waals surface area (Å²) in [7, 11) is 1.63. The fourth-order valence-electron chi connectivity index (χ4n) is 2.44. The Morgan fingerprint density at radius 3 is 2.28 bits per heavy atom. The summed E-state index contributed by atoms with van der Waals surface area (Å²) in [4.78, 5) is 24.9. The van der Waals surface area contributed by atoms with Crippen molar-refractivity contribution >= 4 is 11.8 Å². The van der Waals surface area contributed by atoms with E-state index in [9.17, 15) is 9.59 Å². The van der Waals surface area contributed by atoms with Gasteiger partial charge in [-0.3, -0.25) is 9.59 Å². The van der Waals surface area contributed by atoms with Gasteiger partial charge in [-0.25, -0.2) is 0 Å². The van der Waals surface area contributed by atoms with Gasteiger partial charge in [0.1, 0.15) is 6.04 Å². The molecule has 5 heteroatoms. The number of hydrogen-bond acceptors (Lipinski definition) is 3. The van der Waals surface area contributed by atoms with Crippen LogP contribution in [0.25, 0.3) is 0 Å². The fourth-order valence-corrected chi connectivity index (χ4v) is 2.44. The summed E-state index contributed by atoms with van der Waals surface area (Å²) in [5, 5.41) is 5.70. The van der Waals surface area contributed by atoms with Crippen LogP contribution >= 0.6 is 0 Å². The number of nitrogens with one attached hydrogen (secondary N) is 2. The number of amides is 2. The third-order valence-corrected chi connectivity index (χ3v) is 3.76. The van der Waals surface area contributed by atoms with Gasteiger partial charge >= 0.3 is 0 Å². The number of carbonyl (C=O) groups is 2. The molecule has 132 valence electrons. The largest absolute Gasteiger partial charge is 0.385 e. The molecule has 2 N–H and O–H groups in total. The number of methoxy groups -OCH3 is 1. The van der Waals surface area contributed by atoms with Gasteiger partial charge in [-0.05, 0) is 24.1 Å². The van der Waals surface area contributed by atoms with Crippen molar-refractivity contribution in [3.05, 3.63) is 71.8 Å². The molecule has 5 nitrogen and oxygen atoms in total. The first-order chi connectivity index (χ1) is 12.2. The molecule has 2 amide bonds. The Bertz CT molecular complexity index is 659. The zero-order valence-electron chi connectivity index (χ0n) is 14.4. The summed E-state index contributed by atoms with van der Waals surface area (Å²) in [6, 6.07) is 17.9. The van der Waals surface area contributed by atoms with Gasteiger partial charge in [0.2, 0.25) is 5.91 Å². The van der Waals surface area contributed by atoms with Crippen LogP contribution in [0.4, 0.5) is 0 Å². The van der Waals surface area contributed by atoms with E-state index >= 15 is 0 Å². The van der Waals surface area contributed by atoms with E-state index in [1.54, 1.807) is 31.4 Å². The number of ether oxygens (including phenoxy) is 1. The predicted molar refractivity (Wildman–Crippen MR) is 97.3 cm³/mol. The first-order valence-corrected chi connectivity index (χ1v) is 8.37. The lowest BCUT2D eigenvalue weighted by Crippen LogP contribution is -2.48. The van der Waals surface area contributed by atoms with E-state index in [2.05, 4.69) is 10.6 Å². The minimum atomic E-state index is -0.627. The Hall–Kier alpha value is -2.66. The lowest BCUT2D eigenvalue weighted by Gasteiger charge is -2.19. The van der Waals surface area contributed by atoms with Crippen LogP contribution in [-0.2, 0) is 16.0 Å². The van der Waals surface area contributed by atoms with Crippen molar-refractivity contribution in [2.75, 3.05) is 20.3 Å². The highest BCUT2D eigenvalue weighted by Crippen LogP contribution is 2.06. The molecule has 0 heterocycles. The number of hydrogen-bond donors (Lipinski definition) is 2. The zero-order valence-corrected chi connectivity index (χ0v) is 14.4. The molecule has 0 bridgehead atoms. The Morgan fingerprint density at radius 1 is 1.00 bits per heavy atom. The maximum Gasteiger partial charge on any atom is 0.251 e. The maximum absolute atomic E-state index is 12.5. The van der Waals surface area contributed by atoms with Crippen molar-refractivity contribution in [3.63, 3.8) is 0 Å². The topological polar surface area (TPSA) is 67.4 Å². The molecular formula is C20H24N2O3. The van der Waals surface area contributed by atoms with Crippen LogP contribution in [0.2, 0.25) is 0 Å². The van der Waals surface area contributed by atoms with Crippen LogP contribution in [0.5, 0.6) is 0 Å². The predicted octanol–water partition coefficient (Wildman–Crippen LogP) is 2.18. The van der Waals surface area contributed by atoms with E-state index in [0.29, 0.717) is 25.1 Å². The van der Waals surface area contributed by atoms with E-state index < -0.39 is 6.04 Å². The Kier molecular flexibility index (Phi) is 7.66. The minimum Gasteiger partial charge on any atom is -0.385 e. The van der Waals surface area contributed by atoms with Crippen LogP contribution in [0.1, 0.15) is 22.3 Å².